The maximum absolute atomic E-state index is 11.3. The predicted molar refractivity (Wildman–Crippen MR) is 49.2 cm³/mol. The molecule has 4 nitrogen and oxygen atoms in total. The van der Waals surface area contributed by atoms with Gasteiger partial charge in [0.1, 0.15) is 12.2 Å². The highest BCUT2D eigenvalue weighted by atomic mass is 16.1. The lowest BCUT2D eigenvalue weighted by Gasteiger charge is -2.01. The lowest BCUT2D eigenvalue weighted by Crippen LogP contribution is -2.10. The average Bonchev–Trinajstić information content (AvgIpc) is 2.51. The van der Waals surface area contributed by atoms with Gasteiger partial charge in [-0.05, 0) is 19.4 Å². The number of hydrogen-bond donors (Lipinski definition) is 0. The second-order valence-electron chi connectivity index (χ2n) is 2.87. The van der Waals surface area contributed by atoms with Crippen molar-refractivity contribution >= 4 is 5.78 Å². The van der Waals surface area contributed by atoms with Crippen LogP contribution in [0.1, 0.15) is 19.7 Å². The van der Waals surface area contributed by atoms with Crippen molar-refractivity contribution in [2.45, 2.75) is 26.8 Å². The summed E-state index contributed by atoms with van der Waals surface area (Å²) in [7, 11) is 0. The standard InChI is InChI=1S/C9H13N3O/c1-4-12-9(10-6-11-12)5-8(13)7(2)3/h6H,2,4-5H2,1,3H3. The van der Waals surface area contributed by atoms with Crippen molar-refractivity contribution < 1.29 is 4.79 Å². The highest BCUT2D eigenvalue weighted by Gasteiger charge is 2.09. The maximum Gasteiger partial charge on any atom is 0.165 e. The quantitative estimate of drug-likeness (QED) is 0.647. The van der Waals surface area contributed by atoms with Crippen molar-refractivity contribution in [2.24, 2.45) is 0 Å². The van der Waals surface area contributed by atoms with Gasteiger partial charge in [0.25, 0.3) is 0 Å². The highest BCUT2D eigenvalue weighted by molar-refractivity contribution is 5.95. The van der Waals surface area contributed by atoms with Gasteiger partial charge in [0.2, 0.25) is 0 Å². The van der Waals surface area contributed by atoms with Gasteiger partial charge in [0.15, 0.2) is 5.78 Å². The van der Waals surface area contributed by atoms with Gasteiger partial charge in [0.05, 0.1) is 6.42 Å². The first-order valence-corrected chi connectivity index (χ1v) is 4.20. The van der Waals surface area contributed by atoms with Crippen molar-refractivity contribution in [3.05, 3.63) is 24.3 Å². The molecule has 0 saturated heterocycles. The monoisotopic (exact) mass is 179 g/mol. The number of aromatic nitrogens is 3. The first-order chi connectivity index (χ1) is 6.15. The summed E-state index contributed by atoms with van der Waals surface area (Å²) in [5, 5.41) is 3.97. The second-order valence-corrected chi connectivity index (χ2v) is 2.87. The number of rotatable bonds is 4. The minimum Gasteiger partial charge on any atom is -0.294 e. The molecule has 0 aliphatic heterocycles. The molecule has 4 heteroatoms. The molecule has 0 aliphatic rings. The van der Waals surface area contributed by atoms with Gasteiger partial charge in [-0.3, -0.25) is 4.79 Å². The van der Waals surface area contributed by atoms with Crippen molar-refractivity contribution in [1.82, 2.24) is 14.8 Å². The number of nitrogens with zero attached hydrogens (tertiary/aromatic N) is 3. The fourth-order valence-electron chi connectivity index (χ4n) is 0.984. The summed E-state index contributed by atoms with van der Waals surface area (Å²) in [6.45, 7) is 7.98. The molecule has 70 valence electrons. The van der Waals surface area contributed by atoms with E-state index in [0.717, 1.165) is 6.54 Å². The number of aryl methyl sites for hydroxylation is 1. The van der Waals surface area contributed by atoms with E-state index in [4.69, 9.17) is 0 Å². The topological polar surface area (TPSA) is 47.8 Å². The summed E-state index contributed by atoms with van der Waals surface area (Å²) >= 11 is 0. The van der Waals surface area contributed by atoms with E-state index in [0.29, 0.717) is 17.8 Å². The number of hydrogen-bond acceptors (Lipinski definition) is 3. The van der Waals surface area contributed by atoms with Crippen LogP contribution in [0, 0.1) is 0 Å². The first kappa shape index (κ1) is 9.64. The summed E-state index contributed by atoms with van der Waals surface area (Å²) in [6.07, 6.45) is 1.76. The van der Waals surface area contributed by atoms with Crippen LogP contribution < -0.4 is 0 Å². The van der Waals surface area contributed by atoms with Crippen LogP contribution in [0.25, 0.3) is 0 Å². The molecule has 0 amide bonds. The molecule has 0 atom stereocenters. The molecule has 1 aromatic heterocycles. The zero-order valence-corrected chi connectivity index (χ0v) is 7.95. The Hall–Kier alpha value is -1.45. The van der Waals surface area contributed by atoms with Crippen LogP contribution in [0.2, 0.25) is 0 Å². The Kier molecular flexibility index (Phi) is 2.95. The molecule has 0 unspecified atom stereocenters. The van der Waals surface area contributed by atoms with E-state index in [1.165, 1.54) is 6.33 Å². The van der Waals surface area contributed by atoms with Crippen LogP contribution in [0.3, 0.4) is 0 Å². The van der Waals surface area contributed by atoms with E-state index in [-0.39, 0.29) is 5.78 Å². The van der Waals surface area contributed by atoms with Crippen LogP contribution in [-0.4, -0.2) is 20.5 Å². The van der Waals surface area contributed by atoms with Gasteiger partial charge in [-0.15, -0.1) is 0 Å². The molecule has 0 fully saturated rings. The van der Waals surface area contributed by atoms with Gasteiger partial charge in [0, 0.05) is 6.54 Å². The fraction of sp³-hybridized carbons (Fsp3) is 0.444. The summed E-state index contributed by atoms with van der Waals surface area (Å²) in [5.41, 5.74) is 0.561. The molecule has 1 heterocycles. The van der Waals surface area contributed by atoms with Crippen molar-refractivity contribution in [3.63, 3.8) is 0 Å². The number of Topliss-reactive ketones (excluding diaryl/α,β-unsaturated/α-hetero) is 1. The Morgan fingerprint density at radius 3 is 2.92 bits per heavy atom. The lowest BCUT2D eigenvalue weighted by molar-refractivity contribution is -0.115. The van der Waals surface area contributed by atoms with E-state index in [9.17, 15) is 4.79 Å². The Labute approximate surface area is 77.3 Å². The van der Waals surface area contributed by atoms with Crippen LogP contribution in [-0.2, 0) is 17.8 Å². The molecule has 0 N–H and O–H groups in total. The maximum atomic E-state index is 11.3. The highest BCUT2D eigenvalue weighted by Crippen LogP contribution is 2.00. The third-order valence-corrected chi connectivity index (χ3v) is 1.79. The molecule has 1 rings (SSSR count). The third kappa shape index (κ3) is 2.24. The van der Waals surface area contributed by atoms with Gasteiger partial charge < -0.3 is 0 Å². The van der Waals surface area contributed by atoms with Gasteiger partial charge in [-0.1, -0.05) is 6.58 Å². The minimum absolute atomic E-state index is 0.0164. The molecule has 0 bridgehead atoms. The Balaban J connectivity index is 2.74. The molecule has 1 aromatic rings. The lowest BCUT2D eigenvalue weighted by atomic mass is 10.1. The number of carbonyl (C=O) groups is 1. The van der Waals surface area contributed by atoms with Crippen LogP contribution in [0.15, 0.2) is 18.5 Å². The summed E-state index contributed by atoms with van der Waals surface area (Å²) < 4.78 is 1.71. The Bertz CT molecular complexity index is 327. The molecule has 0 radical (unpaired) electrons. The Morgan fingerprint density at radius 2 is 2.38 bits per heavy atom. The van der Waals surface area contributed by atoms with Crippen LogP contribution in [0.4, 0.5) is 0 Å². The number of carbonyl (C=O) groups excluding carboxylic acids is 1. The molecular formula is C9H13N3O. The van der Waals surface area contributed by atoms with Crippen molar-refractivity contribution in [2.75, 3.05) is 0 Å². The molecule has 0 aliphatic carbocycles. The molecule has 0 spiro atoms. The fourth-order valence-corrected chi connectivity index (χ4v) is 0.984. The summed E-state index contributed by atoms with van der Waals surface area (Å²) in [4.78, 5) is 15.3. The van der Waals surface area contributed by atoms with Crippen LogP contribution in [0.5, 0.6) is 0 Å². The minimum atomic E-state index is 0.0164. The van der Waals surface area contributed by atoms with E-state index in [1.54, 1.807) is 11.6 Å². The van der Waals surface area contributed by atoms with E-state index >= 15 is 0 Å². The van der Waals surface area contributed by atoms with Crippen molar-refractivity contribution in [1.29, 1.82) is 0 Å². The number of ketones is 1. The van der Waals surface area contributed by atoms with E-state index in [2.05, 4.69) is 16.7 Å². The second kappa shape index (κ2) is 3.98. The van der Waals surface area contributed by atoms with Gasteiger partial charge >= 0.3 is 0 Å². The predicted octanol–water partition coefficient (Wildman–Crippen LogP) is 0.986. The average molecular weight is 179 g/mol. The largest absolute Gasteiger partial charge is 0.294 e. The zero-order chi connectivity index (χ0) is 9.84. The Morgan fingerprint density at radius 1 is 1.69 bits per heavy atom. The smallest absolute Gasteiger partial charge is 0.165 e. The van der Waals surface area contributed by atoms with E-state index < -0.39 is 0 Å². The van der Waals surface area contributed by atoms with E-state index in [1.807, 2.05) is 6.92 Å². The van der Waals surface area contributed by atoms with Gasteiger partial charge in [-0.2, -0.15) is 5.10 Å². The van der Waals surface area contributed by atoms with Gasteiger partial charge in [-0.25, -0.2) is 9.67 Å². The normalized spacial score (nSPS) is 10.0. The third-order valence-electron chi connectivity index (χ3n) is 1.79. The first-order valence-electron chi connectivity index (χ1n) is 4.20. The number of allylic oxidation sites excluding steroid dienone is 1. The summed E-state index contributed by atoms with van der Waals surface area (Å²) in [5.74, 6) is 0.721. The summed E-state index contributed by atoms with van der Waals surface area (Å²) in [6, 6.07) is 0. The molecule has 0 saturated carbocycles. The van der Waals surface area contributed by atoms with Crippen molar-refractivity contribution in [3.8, 4) is 0 Å². The SMILES string of the molecule is C=C(C)C(=O)Cc1ncnn1CC. The molecule has 0 aromatic carbocycles. The molecule has 13 heavy (non-hydrogen) atoms. The zero-order valence-electron chi connectivity index (χ0n) is 7.95. The molecular weight excluding hydrogens is 166 g/mol. The van der Waals surface area contributed by atoms with Crippen LogP contribution >= 0.6 is 0 Å².